The molecule has 1 saturated heterocycles. The highest BCUT2D eigenvalue weighted by Crippen LogP contribution is 2.19. The second-order valence-electron chi connectivity index (χ2n) is 3.83. The first-order valence-electron chi connectivity index (χ1n) is 5.55. The lowest BCUT2D eigenvalue weighted by Crippen LogP contribution is -2.50. The summed E-state index contributed by atoms with van der Waals surface area (Å²) in [5.41, 5.74) is 0.926. The predicted molar refractivity (Wildman–Crippen MR) is 62.5 cm³/mol. The van der Waals surface area contributed by atoms with Crippen molar-refractivity contribution in [1.29, 1.82) is 0 Å². The largest absolute Gasteiger partial charge is 0.395 e. The van der Waals surface area contributed by atoms with E-state index in [1.807, 2.05) is 30.3 Å². The predicted octanol–water partition coefficient (Wildman–Crippen LogP) is 1.31. The van der Waals surface area contributed by atoms with Crippen molar-refractivity contribution in [1.82, 2.24) is 4.90 Å². The highest BCUT2D eigenvalue weighted by Gasteiger charge is 2.25. The number of aliphatic hydroxyl groups is 1. The topological polar surface area (TPSA) is 43.8 Å². The Bertz CT molecular complexity index is 351. The van der Waals surface area contributed by atoms with Crippen LogP contribution in [0.15, 0.2) is 30.3 Å². The molecular weight excluding hydrogens is 204 g/mol. The van der Waals surface area contributed by atoms with Crippen LogP contribution >= 0.6 is 0 Å². The molecule has 86 valence electrons. The van der Waals surface area contributed by atoms with Crippen LogP contribution in [0, 0.1) is 0 Å². The van der Waals surface area contributed by atoms with Crippen molar-refractivity contribution in [2.24, 2.45) is 0 Å². The zero-order valence-electron chi connectivity index (χ0n) is 9.17. The second-order valence-corrected chi connectivity index (χ2v) is 3.83. The minimum absolute atomic E-state index is 0.00787. The number of anilines is 1. The van der Waals surface area contributed by atoms with E-state index in [2.05, 4.69) is 0 Å². The van der Waals surface area contributed by atoms with Crippen molar-refractivity contribution in [2.75, 3.05) is 31.1 Å². The normalized spacial score (nSPS) is 16.7. The van der Waals surface area contributed by atoms with Gasteiger partial charge in [-0.1, -0.05) is 18.2 Å². The van der Waals surface area contributed by atoms with Crippen molar-refractivity contribution in [3.8, 4) is 0 Å². The Kier molecular flexibility index (Phi) is 3.41. The molecule has 0 spiro atoms. The molecule has 4 nitrogen and oxygen atoms in total. The molecule has 0 saturated carbocycles. The summed E-state index contributed by atoms with van der Waals surface area (Å²) in [5.74, 6) is 0. The average Bonchev–Trinajstić information content (AvgIpc) is 2.33. The molecule has 0 unspecified atom stereocenters. The van der Waals surface area contributed by atoms with Gasteiger partial charge in [0.2, 0.25) is 0 Å². The van der Waals surface area contributed by atoms with Crippen LogP contribution in [0.4, 0.5) is 10.5 Å². The third-order valence-corrected chi connectivity index (χ3v) is 2.75. The van der Waals surface area contributed by atoms with Crippen LogP contribution in [0.5, 0.6) is 0 Å². The summed E-state index contributed by atoms with van der Waals surface area (Å²) in [7, 11) is 0. The van der Waals surface area contributed by atoms with Crippen LogP contribution in [0.1, 0.15) is 6.42 Å². The molecular formula is C12H16N2O2. The highest BCUT2D eigenvalue weighted by atomic mass is 16.3. The smallest absolute Gasteiger partial charge is 0.324 e. The number of hydrogen-bond acceptors (Lipinski definition) is 2. The SMILES string of the molecule is O=C1N(CCO)CCCN1c1ccccc1. The van der Waals surface area contributed by atoms with Crippen molar-refractivity contribution >= 4 is 11.7 Å². The van der Waals surface area contributed by atoms with Gasteiger partial charge in [-0.3, -0.25) is 4.90 Å². The van der Waals surface area contributed by atoms with Gasteiger partial charge in [0.15, 0.2) is 0 Å². The van der Waals surface area contributed by atoms with Crippen LogP contribution in [0.3, 0.4) is 0 Å². The standard InChI is InChI=1S/C12H16N2O2/c15-10-9-13-7-4-8-14(12(13)16)11-5-2-1-3-6-11/h1-3,5-6,15H,4,7-10H2. The Balaban J connectivity index is 2.13. The molecule has 1 aromatic carbocycles. The number of para-hydroxylation sites is 1. The first-order chi connectivity index (χ1) is 7.83. The molecule has 0 aromatic heterocycles. The monoisotopic (exact) mass is 220 g/mol. The Morgan fingerprint density at radius 3 is 2.62 bits per heavy atom. The molecule has 4 heteroatoms. The van der Waals surface area contributed by atoms with Gasteiger partial charge < -0.3 is 10.0 Å². The zero-order chi connectivity index (χ0) is 11.4. The first kappa shape index (κ1) is 11.0. The van der Waals surface area contributed by atoms with Gasteiger partial charge in [-0.25, -0.2) is 4.79 Å². The molecule has 1 aliphatic heterocycles. The summed E-state index contributed by atoms with van der Waals surface area (Å²) in [5, 5.41) is 8.88. The number of aliphatic hydroxyl groups excluding tert-OH is 1. The fourth-order valence-corrected chi connectivity index (χ4v) is 1.96. The summed E-state index contributed by atoms with van der Waals surface area (Å²) in [4.78, 5) is 15.5. The van der Waals surface area contributed by atoms with Crippen molar-refractivity contribution in [2.45, 2.75) is 6.42 Å². The van der Waals surface area contributed by atoms with Crippen molar-refractivity contribution < 1.29 is 9.90 Å². The molecule has 0 bridgehead atoms. The van der Waals surface area contributed by atoms with E-state index in [0.717, 1.165) is 25.2 Å². The average molecular weight is 220 g/mol. The molecule has 0 radical (unpaired) electrons. The zero-order valence-corrected chi connectivity index (χ0v) is 9.17. The number of rotatable bonds is 3. The Hall–Kier alpha value is -1.55. The summed E-state index contributed by atoms with van der Waals surface area (Å²) in [6.07, 6.45) is 0.945. The molecule has 2 rings (SSSR count). The maximum absolute atomic E-state index is 12.1. The number of β-amino-alcohol motifs (C(OH)–C–C–N with tert-alkyl or cyclic N) is 1. The number of carbonyl (C=O) groups is 1. The van der Waals surface area contributed by atoms with Gasteiger partial charge in [-0.2, -0.15) is 0 Å². The summed E-state index contributed by atoms with van der Waals surface area (Å²) in [6.45, 7) is 1.93. The molecule has 1 aromatic rings. The van der Waals surface area contributed by atoms with E-state index in [1.54, 1.807) is 9.80 Å². The van der Waals surface area contributed by atoms with Crippen LogP contribution in [0.2, 0.25) is 0 Å². The number of benzene rings is 1. The van der Waals surface area contributed by atoms with Crippen molar-refractivity contribution in [3.63, 3.8) is 0 Å². The number of urea groups is 1. The summed E-state index contributed by atoms with van der Waals surface area (Å²) >= 11 is 0. The van der Waals surface area contributed by atoms with E-state index in [-0.39, 0.29) is 12.6 Å². The van der Waals surface area contributed by atoms with E-state index in [0.29, 0.717) is 6.54 Å². The van der Waals surface area contributed by atoms with E-state index in [9.17, 15) is 4.79 Å². The fourth-order valence-electron chi connectivity index (χ4n) is 1.96. The number of amides is 2. The quantitative estimate of drug-likeness (QED) is 0.834. The molecule has 1 fully saturated rings. The molecule has 16 heavy (non-hydrogen) atoms. The van der Waals surface area contributed by atoms with E-state index in [1.165, 1.54) is 0 Å². The van der Waals surface area contributed by atoms with Crippen LogP contribution < -0.4 is 4.90 Å². The number of hydrogen-bond donors (Lipinski definition) is 1. The maximum Gasteiger partial charge on any atom is 0.324 e. The lowest BCUT2D eigenvalue weighted by Gasteiger charge is -2.35. The van der Waals surface area contributed by atoms with Gasteiger partial charge in [0.1, 0.15) is 0 Å². The Labute approximate surface area is 95.1 Å². The van der Waals surface area contributed by atoms with E-state index in [4.69, 9.17) is 5.11 Å². The second kappa shape index (κ2) is 4.99. The molecule has 1 aliphatic rings. The molecule has 0 aliphatic carbocycles. The van der Waals surface area contributed by atoms with Gasteiger partial charge in [0.25, 0.3) is 0 Å². The van der Waals surface area contributed by atoms with Crippen LogP contribution in [-0.2, 0) is 0 Å². The summed E-state index contributed by atoms with van der Waals surface area (Å²) < 4.78 is 0. The lowest BCUT2D eigenvalue weighted by molar-refractivity contribution is 0.174. The third kappa shape index (κ3) is 2.17. The minimum atomic E-state index is -0.00787. The van der Waals surface area contributed by atoms with E-state index >= 15 is 0 Å². The van der Waals surface area contributed by atoms with Gasteiger partial charge in [0, 0.05) is 25.3 Å². The fraction of sp³-hybridized carbons (Fsp3) is 0.417. The van der Waals surface area contributed by atoms with Crippen LogP contribution in [0.25, 0.3) is 0 Å². The molecule has 1 N–H and O–H groups in total. The number of carbonyl (C=O) groups excluding carboxylic acids is 1. The maximum atomic E-state index is 12.1. The van der Waals surface area contributed by atoms with Gasteiger partial charge in [0.05, 0.1) is 6.61 Å². The molecule has 0 atom stereocenters. The Morgan fingerprint density at radius 2 is 1.94 bits per heavy atom. The lowest BCUT2D eigenvalue weighted by atomic mass is 10.2. The molecule has 1 heterocycles. The third-order valence-electron chi connectivity index (χ3n) is 2.75. The van der Waals surface area contributed by atoms with Gasteiger partial charge >= 0.3 is 6.03 Å². The highest BCUT2D eigenvalue weighted by molar-refractivity contribution is 5.92. The summed E-state index contributed by atoms with van der Waals surface area (Å²) in [6, 6.07) is 9.64. The van der Waals surface area contributed by atoms with Crippen molar-refractivity contribution in [3.05, 3.63) is 30.3 Å². The van der Waals surface area contributed by atoms with E-state index < -0.39 is 0 Å². The van der Waals surface area contributed by atoms with Gasteiger partial charge in [-0.05, 0) is 18.6 Å². The van der Waals surface area contributed by atoms with Crippen LogP contribution in [-0.4, -0.2) is 42.3 Å². The number of nitrogens with zero attached hydrogens (tertiary/aromatic N) is 2. The molecule has 2 amide bonds. The minimum Gasteiger partial charge on any atom is -0.395 e. The Morgan fingerprint density at radius 1 is 1.19 bits per heavy atom. The first-order valence-corrected chi connectivity index (χ1v) is 5.55. The van der Waals surface area contributed by atoms with Gasteiger partial charge in [-0.15, -0.1) is 0 Å².